The Bertz CT molecular complexity index is 1790. The molecule has 0 bridgehead atoms. The molecule has 1 heteroatoms. The van der Waals surface area contributed by atoms with Crippen molar-refractivity contribution >= 4 is 0 Å². The zero-order valence-corrected chi connectivity index (χ0v) is 26.0. The molecule has 222 valence electrons. The molecule has 0 amide bonds. The second-order valence-corrected chi connectivity index (χ2v) is 11.7. The van der Waals surface area contributed by atoms with Crippen molar-refractivity contribution in [3.05, 3.63) is 239 Å². The van der Waals surface area contributed by atoms with Crippen LogP contribution < -0.4 is 0 Å². The summed E-state index contributed by atoms with van der Waals surface area (Å²) in [4.78, 5) is 0. The largest absolute Gasteiger partial charge is 0.340 e. The summed E-state index contributed by atoms with van der Waals surface area (Å²) in [6.45, 7) is 2.08. The molecule has 0 atom stereocenters. The Hall–Kier alpha value is -5.50. The highest BCUT2D eigenvalue weighted by molar-refractivity contribution is 5.78. The number of fused-ring (bicyclic) bond motifs is 3. The maximum absolute atomic E-state index is 7.98. The molecule has 7 aromatic carbocycles. The number of rotatable bonds is 4. The highest BCUT2D eigenvalue weighted by Crippen LogP contribution is 2.57. The van der Waals surface area contributed by atoms with Crippen LogP contribution in [-0.2, 0) is 15.9 Å². The van der Waals surface area contributed by atoms with Gasteiger partial charge in [-0.05, 0) is 40.3 Å². The first-order valence-electron chi connectivity index (χ1n) is 15.9. The minimum Gasteiger partial charge on any atom is -0.340 e. The van der Waals surface area contributed by atoms with Gasteiger partial charge in [-0.2, -0.15) is 0 Å². The summed E-state index contributed by atoms with van der Waals surface area (Å²) in [6.07, 6.45) is 0. The van der Waals surface area contributed by atoms with Crippen molar-refractivity contribution in [2.75, 3.05) is 0 Å². The molecule has 0 aromatic heterocycles. The molecular weight excluding hydrogens is 556 g/mol. The molecule has 8 rings (SSSR count). The monoisotopic (exact) mass is 592 g/mol. The molecule has 0 N–H and O–H groups in total. The Balaban J connectivity index is 0.000000430. The van der Waals surface area contributed by atoms with Crippen LogP contribution >= 0.6 is 0 Å². The Morgan fingerprint density at radius 3 is 0.848 bits per heavy atom. The zero-order valence-electron chi connectivity index (χ0n) is 26.0. The second kappa shape index (κ2) is 12.9. The van der Waals surface area contributed by atoms with E-state index in [1.165, 1.54) is 16.7 Å². The van der Waals surface area contributed by atoms with Crippen LogP contribution in [0.5, 0.6) is 0 Å². The van der Waals surface area contributed by atoms with Crippen LogP contribution in [0.1, 0.15) is 38.9 Å². The van der Waals surface area contributed by atoms with Crippen LogP contribution in [0.2, 0.25) is 0 Å². The molecule has 0 saturated carbocycles. The van der Waals surface area contributed by atoms with E-state index in [-0.39, 0.29) is 0 Å². The minimum absolute atomic E-state index is 0.899. The fourth-order valence-electron chi connectivity index (χ4n) is 6.81. The van der Waals surface area contributed by atoms with Crippen molar-refractivity contribution in [2.45, 2.75) is 18.1 Å². The van der Waals surface area contributed by atoms with E-state index in [1.807, 2.05) is 18.2 Å². The van der Waals surface area contributed by atoms with Gasteiger partial charge in [0.15, 0.2) is 0 Å². The lowest BCUT2D eigenvalue weighted by Gasteiger charge is -2.45. The fourth-order valence-corrected chi connectivity index (χ4v) is 6.81. The standard InChI is InChI=1S/C38H28O.C7H8/c1-5-17-29(18-6-1)37(30-19-7-2-8-20-30)35-27-15-13-25-33(35)34-26-14-16-28-36(34)38(39-37,31-21-9-3-10-22-31)32-23-11-4-12-24-32;1-7-5-3-2-4-6-7/h1-28H;2-6H,1H3. The maximum atomic E-state index is 7.98. The van der Waals surface area contributed by atoms with Crippen molar-refractivity contribution in [1.82, 2.24) is 0 Å². The topological polar surface area (TPSA) is 9.23 Å². The van der Waals surface area contributed by atoms with Crippen LogP contribution in [0.3, 0.4) is 0 Å². The minimum atomic E-state index is -0.899. The van der Waals surface area contributed by atoms with Gasteiger partial charge in [-0.1, -0.05) is 206 Å². The molecule has 1 heterocycles. The molecule has 1 aliphatic heterocycles. The van der Waals surface area contributed by atoms with Crippen LogP contribution in [0.4, 0.5) is 0 Å². The van der Waals surface area contributed by atoms with Gasteiger partial charge in [0.05, 0.1) is 0 Å². The molecule has 0 unspecified atom stereocenters. The van der Waals surface area contributed by atoms with E-state index in [4.69, 9.17) is 4.74 Å². The van der Waals surface area contributed by atoms with Gasteiger partial charge < -0.3 is 4.74 Å². The number of benzene rings is 7. The molecule has 7 aromatic rings. The summed E-state index contributed by atoms with van der Waals surface area (Å²) in [6, 6.07) is 70.4. The van der Waals surface area contributed by atoms with Crippen LogP contribution in [0.15, 0.2) is 200 Å². The van der Waals surface area contributed by atoms with Gasteiger partial charge in [0.2, 0.25) is 0 Å². The molecule has 0 spiro atoms. The molecule has 0 aliphatic carbocycles. The van der Waals surface area contributed by atoms with E-state index >= 15 is 0 Å². The highest BCUT2D eigenvalue weighted by Gasteiger charge is 2.52. The van der Waals surface area contributed by atoms with Gasteiger partial charge >= 0.3 is 0 Å². The lowest BCUT2D eigenvalue weighted by atomic mass is 9.77. The average Bonchev–Trinajstić information content (AvgIpc) is 3.26. The van der Waals surface area contributed by atoms with E-state index in [1.54, 1.807) is 0 Å². The highest BCUT2D eigenvalue weighted by atomic mass is 16.5. The van der Waals surface area contributed by atoms with Gasteiger partial charge in [-0.15, -0.1) is 0 Å². The van der Waals surface area contributed by atoms with Crippen molar-refractivity contribution in [2.24, 2.45) is 0 Å². The van der Waals surface area contributed by atoms with E-state index in [0.29, 0.717) is 0 Å². The average molecular weight is 593 g/mol. The van der Waals surface area contributed by atoms with Crippen molar-refractivity contribution < 1.29 is 4.74 Å². The van der Waals surface area contributed by atoms with Crippen molar-refractivity contribution in [3.63, 3.8) is 0 Å². The summed E-state index contributed by atoms with van der Waals surface area (Å²) in [5.41, 5.74) is 8.49. The third-order valence-electron chi connectivity index (χ3n) is 8.87. The van der Waals surface area contributed by atoms with Gasteiger partial charge in [-0.3, -0.25) is 0 Å². The fraction of sp³-hybridized carbons (Fsp3) is 0.0667. The van der Waals surface area contributed by atoms with Crippen LogP contribution in [0, 0.1) is 6.92 Å². The molecule has 1 aliphatic rings. The Kier molecular flexibility index (Phi) is 8.16. The first-order chi connectivity index (χ1) is 22.7. The maximum Gasteiger partial charge on any atom is 0.146 e. The third-order valence-corrected chi connectivity index (χ3v) is 8.87. The van der Waals surface area contributed by atoms with Crippen LogP contribution in [0.25, 0.3) is 11.1 Å². The Morgan fingerprint density at radius 2 is 0.565 bits per heavy atom. The van der Waals surface area contributed by atoms with E-state index in [9.17, 15) is 0 Å². The van der Waals surface area contributed by atoms with E-state index < -0.39 is 11.2 Å². The normalized spacial score (nSPS) is 14.0. The predicted octanol–water partition coefficient (Wildman–Crippen LogP) is 11.0. The molecular formula is C45H36O. The summed E-state index contributed by atoms with van der Waals surface area (Å²) in [5.74, 6) is 0. The Labute approximate surface area is 272 Å². The number of ether oxygens (including phenoxy) is 1. The van der Waals surface area contributed by atoms with E-state index in [0.717, 1.165) is 33.4 Å². The first kappa shape index (κ1) is 29.2. The summed E-state index contributed by atoms with van der Waals surface area (Å²) < 4.78 is 7.98. The lowest BCUT2D eigenvalue weighted by Crippen LogP contribution is -2.43. The number of aryl methyl sites for hydroxylation is 1. The SMILES string of the molecule is Cc1ccccc1.c1ccc(C2(c3ccccc3)OC(c3ccccc3)(c3ccccc3)c3ccccc3-c3ccccc32)cc1. The second-order valence-electron chi connectivity index (χ2n) is 11.7. The van der Waals surface area contributed by atoms with Crippen LogP contribution in [-0.4, -0.2) is 0 Å². The molecule has 0 saturated heterocycles. The Morgan fingerprint density at radius 1 is 0.304 bits per heavy atom. The summed E-state index contributed by atoms with van der Waals surface area (Å²) >= 11 is 0. The van der Waals surface area contributed by atoms with Crippen molar-refractivity contribution in [3.8, 4) is 11.1 Å². The number of hydrogen-bond donors (Lipinski definition) is 0. The van der Waals surface area contributed by atoms with Gasteiger partial charge in [0.25, 0.3) is 0 Å². The third kappa shape index (κ3) is 5.15. The summed E-state index contributed by atoms with van der Waals surface area (Å²) in [7, 11) is 0. The zero-order chi connectivity index (χ0) is 31.2. The van der Waals surface area contributed by atoms with Gasteiger partial charge in [0, 0.05) is 11.1 Å². The lowest BCUT2D eigenvalue weighted by molar-refractivity contribution is -0.0787. The van der Waals surface area contributed by atoms with Gasteiger partial charge in [0.1, 0.15) is 11.2 Å². The van der Waals surface area contributed by atoms with Gasteiger partial charge in [-0.25, -0.2) is 0 Å². The predicted molar refractivity (Wildman–Crippen MR) is 190 cm³/mol. The van der Waals surface area contributed by atoms with E-state index in [2.05, 4.69) is 189 Å². The molecule has 46 heavy (non-hydrogen) atoms. The molecule has 0 fully saturated rings. The summed E-state index contributed by atoms with van der Waals surface area (Å²) in [5, 5.41) is 0. The number of hydrogen-bond acceptors (Lipinski definition) is 1. The smallest absolute Gasteiger partial charge is 0.146 e. The van der Waals surface area contributed by atoms with Crippen molar-refractivity contribution in [1.29, 1.82) is 0 Å². The molecule has 0 radical (unpaired) electrons. The first-order valence-corrected chi connectivity index (χ1v) is 15.9. The quantitative estimate of drug-likeness (QED) is 0.198. The molecule has 1 nitrogen and oxygen atoms in total.